The van der Waals surface area contributed by atoms with Crippen molar-refractivity contribution in [3.05, 3.63) is 40.0 Å². The number of nitrogens with zero attached hydrogens (tertiary/aromatic N) is 2. The quantitative estimate of drug-likeness (QED) is 0.845. The van der Waals surface area contributed by atoms with Gasteiger partial charge in [0.15, 0.2) is 0 Å². The molecule has 2 aromatic rings. The van der Waals surface area contributed by atoms with Gasteiger partial charge < -0.3 is 10.4 Å². The molecule has 2 aromatic heterocycles. The number of aliphatic hydroxyl groups is 1. The lowest BCUT2D eigenvalue weighted by atomic mass is 10.3. The van der Waals surface area contributed by atoms with E-state index in [1.165, 1.54) is 11.3 Å². The Morgan fingerprint density at radius 3 is 3.05 bits per heavy atom. The molecule has 20 heavy (non-hydrogen) atoms. The molecule has 6 heteroatoms. The number of rotatable bonds is 3. The summed E-state index contributed by atoms with van der Waals surface area (Å²) in [6, 6.07) is 5.22. The topological polar surface area (TPSA) is 75.1 Å². The van der Waals surface area contributed by atoms with Crippen molar-refractivity contribution in [3.8, 4) is 11.8 Å². The predicted octanol–water partition coefficient (Wildman–Crippen LogP) is 1.83. The summed E-state index contributed by atoms with van der Waals surface area (Å²) >= 11 is 1.29. The Bertz CT molecular complexity index is 670. The number of hydrogen-bond donors (Lipinski definition) is 2. The second kappa shape index (κ2) is 6.80. The van der Waals surface area contributed by atoms with Crippen LogP contribution in [-0.2, 0) is 0 Å². The van der Waals surface area contributed by atoms with Crippen LogP contribution in [0.25, 0.3) is 0 Å². The number of anilines is 1. The Hall–Kier alpha value is -2.23. The molecule has 0 unspecified atom stereocenters. The zero-order valence-electron chi connectivity index (χ0n) is 10.9. The highest BCUT2D eigenvalue weighted by molar-refractivity contribution is 7.12. The smallest absolute Gasteiger partial charge is 0.268 e. The van der Waals surface area contributed by atoms with Crippen molar-refractivity contribution in [1.29, 1.82) is 0 Å². The average Bonchev–Trinajstić information content (AvgIpc) is 2.86. The van der Waals surface area contributed by atoms with Gasteiger partial charge in [-0.15, -0.1) is 11.3 Å². The number of aryl methyl sites for hydroxylation is 1. The first-order chi connectivity index (χ1) is 9.70. The van der Waals surface area contributed by atoms with Crippen molar-refractivity contribution in [2.24, 2.45) is 0 Å². The normalized spacial score (nSPS) is 9.70. The van der Waals surface area contributed by atoms with Crippen LogP contribution in [0.5, 0.6) is 0 Å². The van der Waals surface area contributed by atoms with Crippen LogP contribution >= 0.6 is 11.3 Å². The first-order valence-corrected chi connectivity index (χ1v) is 6.87. The fourth-order valence-corrected chi connectivity index (χ4v) is 2.17. The molecule has 5 nitrogen and oxygen atoms in total. The summed E-state index contributed by atoms with van der Waals surface area (Å²) in [5, 5.41) is 11.4. The summed E-state index contributed by atoms with van der Waals surface area (Å²) in [4.78, 5) is 20.8. The average molecular weight is 287 g/mol. The zero-order valence-corrected chi connectivity index (χ0v) is 11.7. The van der Waals surface area contributed by atoms with E-state index >= 15 is 0 Å². The highest BCUT2D eigenvalue weighted by atomic mass is 32.1. The molecule has 2 rings (SSSR count). The number of carbonyl (C=O) groups is 1. The Morgan fingerprint density at radius 1 is 1.50 bits per heavy atom. The fraction of sp³-hybridized carbons (Fsp3) is 0.214. The summed E-state index contributed by atoms with van der Waals surface area (Å²) in [6.07, 6.45) is 0.401. The maximum Gasteiger partial charge on any atom is 0.268 e. The first kappa shape index (κ1) is 14.2. The Balaban J connectivity index is 2.11. The van der Waals surface area contributed by atoms with Crippen molar-refractivity contribution >= 4 is 23.1 Å². The lowest BCUT2D eigenvalue weighted by molar-refractivity contribution is 0.102. The first-order valence-electron chi connectivity index (χ1n) is 5.99. The number of carbonyl (C=O) groups excluding carboxylic acids is 1. The molecule has 0 saturated carbocycles. The van der Waals surface area contributed by atoms with Crippen molar-refractivity contribution < 1.29 is 9.90 Å². The number of thiazole rings is 1. The van der Waals surface area contributed by atoms with Crippen LogP contribution in [-0.4, -0.2) is 27.6 Å². The van der Waals surface area contributed by atoms with Gasteiger partial charge >= 0.3 is 0 Å². The molecular formula is C14H13N3O2S. The van der Waals surface area contributed by atoms with Gasteiger partial charge in [0.1, 0.15) is 16.4 Å². The van der Waals surface area contributed by atoms with Gasteiger partial charge in [0.25, 0.3) is 5.91 Å². The molecular weight excluding hydrogens is 274 g/mol. The molecule has 0 fully saturated rings. The van der Waals surface area contributed by atoms with Gasteiger partial charge in [-0.05, 0) is 25.0 Å². The fourth-order valence-electron chi connectivity index (χ4n) is 1.48. The predicted molar refractivity (Wildman–Crippen MR) is 77.6 cm³/mol. The number of amides is 1. The minimum atomic E-state index is -0.224. The SMILES string of the molecule is Cc1ncsc1C(=O)Nc1cccc(C#CCCO)n1. The van der Waals surface area contributed by atoms with Gasteiger partial charge in [0.2, 0.25) is 0 Å². The molecule has 0 spiro atoms. The second-order valence-corrected chi connectivity index (χ2v) is 4.76. The standard InChI is InChI=1S/C14H13N3O2S/c1-10-13(20-9-15-10)14(19)17-12-7-4-6-11(16-12)5-2-3-8-18/h4,6-7,9,18H,3,8H2,1H3,(H,16,17,19). The molecule has 0 aliphatic heterocycles. The molecule has 0 aromatic carbocycles. The summed E-state index contributed by atoms with van der Waals surface area (Å²) < 4.78 is 0. The van der Waals surface area contributed by atoms with Crippen molar-refractivity contribution in [2.75, 3.05) is 11.9 Å². The van der Waals surface area contributed by atoms with Gasteiger partial charge in [-0.1, -0.05) is 12.0 Å². The van der Waals surface area contributed by atoms with E-state index in [0.29, 0.717) is 28.5 Å². The number of aliphatic hydroxyl groups excluding tert-OH is 1. The van der Waals surface area contributed by atoms with Gasteiger partial charge in [-0.2, -0.15) is 0 Å². The van der Waals surface area contributed by atoms with Gasteiger partial charge in [-0.3, -0.25) is 4.79 Å². The lowest BCUT2D eigenvalue weighted by Crippen LogP contribution is -2.12. The number of hydrogen-bond acceptors (Lipinski definition) is 5. The lowest BCUT2D eigenvalue weighted by Gasteiger charge is -2.03. The van der Waals surface area contributed by atoms with Crippen LogP contribution in [0.1, 0.15) is 27.5 Å². The minimum absolute atomic E-state index is 0.0219. The summed E-state index contributed by atoms with van der Waals surface area (Å²) in [6.45, 7) is 1.81. The van der Waals surface area contributed by atoms with Gasteiger partial charge in [0.05, 0.1) is 17.8 Å². The van der Waals surface area contributed by atoms with Gasteiger partial charge in [0, 0.05) is 6.42 Å². The summed E-state index contributed by atoms with van der Waals surface area (Å²) in [5.74, 6) is 5.83. The van der Waals surface area contributed by atoms with Crippen LogP contribution in [0, 0.1) is 18.8 Å². The van der Waals surface area contributed by atoms with Crippen molar-refractivity contribution in [2.45, 2.75) is 13.3 Å². The molecule has 0 saturated heterocycles. The van der Waals surface area contributed by atoms with E-state index in [1.807, 2.05) is 0 Å². The highest BCUT2D eigenvalue weighted by Crippen LogP contribution is 2.14. The molecule has 0 aliphatic rings. The van der Waals surface area contributed by atoms with Crippen LogP contribution in [0.3, 0.4) is 0 Å². The monoisotopic (exact) mass is 287 g/mol. The van der Waals surface area contributed by atoms with Crippen molar-refractivity contribution in [1.82, 2.24) is 9.97 Å². The Kier molecular flexibility index (Phi) is 4.82. The molecule has 1 amide bonds. The zero-order chi connectivity index (χ0) is 14.4. The van der Waals surface area contributed by atoms with Gasteiger partial charge in [-0.25, -0.2) is 9.97 Å². The second-order valence-electron chi connectivity index (χ2n) is 3.90. The van der Waals surface area contributed by atoms with E-state index < -0.39 is 0 Å². The molecule has 102 valence electrons. The molecule has 0 aliphatic carbocycles. The van der Waals surface area contributed by atoms with E-state index in [-0.39, 0.29) is 12.5 Å². The van der Waals surface area contributed by atoms with Crippen molar-refractivity contribution in [3.63, 3.8) is 0 Å². The summed E-state index contributed by atoms with van der Waals surface area (Å²) in [7, 11) is 0. The largest absolute Gasteiger partial charge is 0.395 e. The molecule has 0 bridgehead atoms. The third-order valence-electron chi connectivity index (χ3n) is 2.40. The van der Waals surface area contributed by atoms with E-state index in [2.05, 4.69) is 27.1 Å². The van der Waals surface area contributed by atoms with Crippen LogP contribution < -0.4 is 5.32 Å². The number of nitrogens with one attached hydrogen (secondary N) is 1. The number of aromatic nitrogens is 2. The maximum atomic E-state index is 12.0. The third-order valence-corrected chi connectivity index (χ3v) is 3.32. The van der Waals surface area contributed by atoms with E-state index in [1.54, 1.807) is 30.6 Å². The molecule has 2 N–H and O–H groups in total. The van der Waals surface area contributed by atoms with Crippen LogP contribution in [0.15, 0.2) is 23.7 Å². The van der Waals surface area contributed by atoms with E-state index in [0.717, 1.165) is 0 Å². The highest BCUT2D eigenvalue weighted by Gasteiger charge is 2.12. The van der Waals surface area contributed by atoms with E-state index in [9.17, 15) is 4.79 Å². The maximum absolute atomic E-state index is 12.0. The molecule has 0 atom stereocenters. The van der Waals surface area contributed by atoms with E-state index in [4.69, 9.17) is 5.11 Å². The number of pyridine rings is 1. The molecule has 0 radical (unpaired) electrons. The van der Waals surface area contributed by atoms with Crippen LogP contribution in [0.4, 0.5) is 5.82 Å². The molecule has 2 heterocycles. The minimum Gasteiger partial charge on any atom is -0.395 e. The van der Waals surface area contributed by atoms with Crippen LogP contribution in [0.2, 0.25) is 0 Å². The third kappa shape index (κ3) is 3.63. The Labute approximate surface area is 120 Å². The summed E-state index contributed by atoms with van der Waals surface area (Å²) in [5.41, 5.74) is 2.89. The Morgan fingerprint density at radius 2 is 2.35 bits per heavy atom.